The van der Waals surface area contributed by atoms with Crippen LogP contribution in [0.4, 0.5) is 5.82 Å². The maximum Gasteiger partial charge on any atom is 0.252 e. The van der Waals surface area contributed by atoms with E-state index in [9.17, 15) is 9.90 Å². The molecule has 0 aliphatic rings. The van der Waals surface area contributed by atoms with Gasteiger partial charge in [-0.25, -0.2) is 4.68 Å². The van der Waals surface area contributed by atoms with E-state index in [1.807, 2.05) is 37.3 Å². The SMILES string of the molecule is Cc1cc(NC(=O)/C=C(\O)CCl)n(-c2ccccc2)n1. The summed E-state index contributed by atoms with van der Waals surface area (Å²) in [5.41, 5.74) is 1.61. The van der Waals surface area contributed by atoms with Crippen LogP contribution in [0.25, 0.3) is 5.69 Å². The van der Waals surface area contributed by atoms with Crippen molar-refractivity contribution in [2.45, 2.75) is 6.92 Å². The molecule has 2 N–H and O–H groups in total. The lowest BCUT2D eigenvalue weighted by Crippen LogP contribution is -2.13. The zero-order chi connectivity index (χ0) is 14.5. The first kappa shape index (κ1) is 14.1. The molecule has 0 radical (unpaired) electrons. The van der Waals surface area contributed by atoms with Gasteiger partial charge in [0.1, 0.15) is 11.6 Å². The van der Waals surface area contributed by atoms with Gasteiger partial charge in [-0.05, 0) is 19.1 Å². The van der Waals surface area contributed by atoms with Crippen molar-refractivity contribution in [2.75, 3.05) is 11.2 Å². The maximum atomic E-state index is 11.7. The van der Waals surface area contributed by atoms with Gasteiger partial charge in [0.05, 0.1) is 17.3 Å². The largest absolute Gasteiger partial charge is 0.511 e. The maximum absolute atomic E-state index is 11.7. The van der Waals surface area contributed by atoms with Crippen LogP contribution in [-0.4, -0.2) is 26.7 Å². The Balaban J connectivity index is 2.27. The number of anilines is 1. The van der Waals surface area contributed by atoms with Crippen LogP contribution in [0.15, 0.2) is 48.2 Å². The van der Waals surface area contributed by atoms with Crippen LogP contribution in [-0.2, 0) is 4.79 Å². The molecule has 1 aromatic heterocycles. The molecule has 20 heavy (non-hydrogen) atoms. The fourth-order valence-electron chi connectivity index (χ4n) is 1.71. The van der Waals surface area contributed by atoms with E-state index < -0.39 is 5.91 Å². The zero-order valence-corrected chi connectivity index (χ0v) is 11.6. The number of hydrogen-bond acceptors (Lipinski definition) is 3. The third kappa shape index (κ3) is 3.39. The minimum absolute atomic E-state index is 0.107. The average Bonchev–Trinajstić information content (AvgIpc) is 2.80. The number of para-hydroxylation sites is 1. The summed E-state index contributed by atoms with van der Waals surface area (Å²) in [4.78, 5) is 11.7. The lowest BCUT2D eigenvalue weighted by molar-refractivity contribution is -0.112. The highest BCUT2D eigenvalue weighted by molar-refractivity contribution is 6.19. The Morgan fingerprint density at radius 2 is 2.15 bits per heavy atom. The number of aliphatic hydroxyl groups excluding tert-OH is 1. The molecule has 1 aromatic carbocycles. The van der Waals surface area contributed by atoms with E-state index in [1.165, 1.54) is 0 Å². The second kappa shape index (κ2) is 6.25. The van der Waals surface area contributed by atoms with Gasteiger partial charge in [0.2, 0.25) is 0 Å². The number of aliphatic hydroxyl groups is 1. The van der Waals surface area contributed by atoms with Crippen molar-refractivity contribution in [3.8, 4) is 5.69 Å². The van der Waals surface area contributed by atoms with Crippen molar-refractivity contribution in [3.05, 3.63) is 53.9 Å². The molecule has 0 aliphatic heterocycles. The Morgan fingerprint density at radius 1 is 1.45 bits per heavy atom. The fraction of sp³-hybridized carbons (Fsp3) is 0.143. The monoisotopic (exact) mass is 291 g/mol. The van der Waals surface area contributed by atoms with E-state index in [4.69, 9.17) is 11.6 Å². The molecule has 2 rings (SSSR count). The highest BCUT2D eigenvalue weighted by Gasteiger charge is 2.09. The number of alkyl halides is 1. The third-order valence-electron chi connectivity index (χ3n) is 2.52. The Bertz CT molecular complexity index is 635. The van der Waals surface area contributed by atoms with Crippen molar-refractivity contribution in [2.24, 2.45) is 0 Å². The summed E-state index contributed by atoms with van der Waals surface area (Å²) < 4.78 is 1.62. The van der Waals surface area contributed by atoms with Crippen LogP contribution in [0.1, 0.15) is 5.69 Å². The predicted octanol–water partition coefficient (Wildman–Crippen LogP) is 2.80. The highest BCUT2D eigenvalue weighted by Crippen LogP contribution is 2.16. The summed E-state index contributed by atoms with van der Waals surface area (Å²) in [5.74, 6) is -0.228. The van der Waals surface area contributed by atoms with Crippen molar-refractivity contribution in [3.63, 3.8) is 0 Å². The molecule has 0 unspecified atom stereocenters. The molecule has 0 atom stereocenters. The number of benzene rings is 1. The fourth-order valence-corrected chi connectivity index (χ4v) is 1.78. The molecule has 6 heteroatoms. The molecule has 0 bridgehead atoms. The lowest BCUT2D eigenvalue weighted by atomic mass is 10.3. The molecular weight excluding hydrogens is 278 g/mol. The summed E-state index contributed by atoms with van der Waals surface area (Å²) in [6, 6.07) is 11.2. The number of halogens is 1. The van der Waals surface area contributed by atoms with Crippen molar-refractivity contribution in [1.29, 1.82) is 0 Å². The molecule has 104 valence electrons. The standard InChI is InChI=1S/C14H14ClN3O2/c1-10-7-13(16-14(20)8-12(19)9-15)18(17-10)11-5-3-2-4-6-11/h2-8,19H,9H2,1H3,(H,16,20)/b12-8-. The van der Waals surface area contributed by atoms with Gasteiger partial charge in [-0.1, -0.05) is 18.2 Å². The molecule has 2 aromatic rings. The number of nitrogens with zero attached hydrogens (tertiary/aromatic N) is 2. The van der Waals surface area contributed by atoms with Crippen LogP contribution in [0.2, 0.25) is 0 Å². The summed E-state index contributed by atoms with van der Waals surface area (Å²) in [7, 11) is 0. The number of amides is 1. The van der Waals surface area contributed by atoms with Gasteiger partial charge in [0.15, 0.2) is 0 Å². The number of aryl methyl sites for hydroxylation is 1. The lowest BCUT2D eigenvalue weighted by Gasteiger charge is -2.07. The number of carbonyl (C=O) groups is 1. The minimum atomic E-state index is -0.458. The molecule has 0 saturated carbocycles. The zero-order valence-electron chi connectivity index (χ0n) is 10.9. The molecule has 0 aliphatic carbocycles. The first-order valence-corrected chi connectivity index (χ1v) is 6.52. The van der Waals surface area contributed by atoms with E-state index in [0.717, 1.165) is 17.5 Å². The normalized spacial score (nSPS) is 11.4. The van der Waals surface area contributed by atoms with Crippen LogP contribution >= 0.6 is 11.6 Å². The number of nitrogens with one attached hydrogen (secondary N) is 1. The molecule has 0 saturated heterocycles. The van der Waals surface area contributed by atoms with Crippen molar-refractivity contribution < 1.29 is 9.90 Å². The quantitative estimate of drug-likeness (QED) is 0.517. The molecule has 0 fully saturated rings. The molecule has 5 nitrogen and oxygen atoms in total. The van der Waals surface area contributed by atoms with Gasteiger partial charge in [0.25, 0.3) is 5.91 Å². The van der Waals surface area contributed by atoms with E-state index in [2.05, 4.69) is 10.4 Å². The number of allylic oxidation sites excluding steroid dienone is 1. The Hall–Kier alpha value is -2.27. The molecule has 1 amide bonds. The summed E-state index contributed by atoms with van der Waals surface area (Å²) >= 11 is 5.41. The summed E-state index contributed by atoms with van der Waals surface area (Å²) in [6.07, 6.45) is 1.05. The van der Waals surface area contributed by atoms with E-state index in [1.54, 1.807) is 10.7 Å². The highest BCUT2D eigenvalue weighted by atomic mass is 35.5. The van der Waals surface area contributed by atoms with Crippen LogP contribution in [0, 0.1) is 6.92 Å². The Morgan fingerprint density at radius 3 is 2.80 bits per heavy atom. The van der Waals surface area contributed by atoms with Gasteiger partial charge in [0, 0.05) is 12.1 Å². The van der Waals surface area contributed by atoms with Gasteiger partial charge in [-0.2, -0.15) is 5.10 Å². The average molecular weight is 292 g/mol. The number of rotatable bonds is 4. The Kier molecular flexibility index (Phi) is 4.42. The number of carbonyl (C=O) groups excluding carboxylic acids is 1. The topological polar surface area (TPSA) is 67.2 Å². The van der Waals surface area contributed by atoms with Crippen molar-refractivity contribution in [1.82, 2.24) is 9.78 Å². The second-order valence-corrected chi connectivity index (χ2v) is 4.44. The third-order valence-corrected chi connectivity index (χ3v) is 2.79. The number of aromatic nitrogens is 2. The van der Waals surface area contributed by atoms with Crippen molar-refractivity contribution >= 4 is 23.3 Å². The van der Waals surface area contributed by atoms with Gasteiger partial charge in [-0.3, -0.25) is 4.79 Å². The second-order valence-electron chi connectivity index (χ2n) is 4.18. The van der Waals surface area contributed by atoms with E-state index in [-0.39, 0.29) is 11.6 Å². The predicted molar refractivity (Wildman–Crippen MR) is 78.4 cm³/mol. The number of hydrogen-bond donors (Lipinski definition) is 2. The van der Waals surface area contributed by atoms with Gasteiger partial charge in [-0.15, -0.1) is 11.6 Å². The van der Waals surface area contributed by atoms with Gasteiger partial charge < -0.3 is 10.4 Å². The minimum Gasteiger partial charge on any atom is -0.511 e. The van der Waals surface area contributed by atoms with Crippen LogP contribution in [0.3, 0.4) is 0 Å². The molecule has 1 heterocycles. The molecule has 0 spiro atoms. The first-order chi connectivity index (χ1) is 9.60. The summed E-state index contributed by atoms with van der Waals surface area (Å²) in [6.45, 7) is 1.83. The smallest absolute Gasteiger partial charge is 0.252 e. The van der Waals surface area contributed by atoms with E-state index >= 15 is 0 Å². The Labute approximate surface area is 121 Å². The van der Waals surface area contributed by atoms with Crippen LogP contribution in [0.5, 0.6) is 0 Å². The molecular formula is C14H14ClN3O2. The van der Waals surface area contributed by atoms with E-state index in [0.29, 0.717) is 5.82 Å². The first-order valence-electron chi connectivity index (χ1n) is 5.98. The van der Waals surface area contributed by atoms with Crippen LogP contribution < -0.4 is 5.32 Å². The summed E-state index contributed by atoms with van der Waals surface area (Å²) in [5, 5.41) is 16.2. The van der Waals surface area contributed by atoms with Gasteiger partial charge >= 0.3 is 0 Å².